The average Bonchev–Trinajstić information content (AvgIpc) is 1.79. The Balaban J connectivity index is 0.000000154. The van der Waals surface area contributed by atoms with Gasteiger partial charge in [0.25, 0.3) is 0 Å². The number of aliphatic hydroxyl groups excluding tert-OH is 1. The number of hydrogen-bond donors (Lipinski definition) is 3. The molecule has 3 N–H and O–H groups in total. The zero-order chi connectivity index (χ0) is 91.0. The lowest BCUT2D eigenvalue weighted by molar-refractivity contribution is -0.154. The first-order valence-electron chi connectivity index (χ1n) is 45.0. The molecule has 24 heteroatoms. The number of ether oxygens (including phenoxy) is 2. The maximum absolute atomic E-state index is 12.3. The van der Waals surface area contributed by atoms with Crippen molar-refractivity contribution in [2.45, 2.75) is 241 Å². The molecule has 14 nitrogen and oxygen atoms in total. The number of carboxylic acid groups (broad SMARTS) is 2. The minimum absolute atomic E-state index is 0.106. The van der Waals surface area contributed by atoms with Crippen molar-refractivity contribution in [3.05, 3.63) is 284 Å². The number of hydrogen-bond acceptors (Lipinski definition) is 17. The van der Waals surface area contributed by atoms with Gasteiger partial charge in [0, 0.05) is 152 Å². The number of carboxylic acids is 2. The van der Waals surface area contributed by atoms with Crippen molar-refractivity contribution >= 4 is 139 Å². The molecule has 15 rings (SSSR count). The number of benzene rings is 5. The van der Waals surface area contributed by atoms with Crippen molar-refractivity contribution in [2.24, 2.45) is 21.7 Å². The lowest BCUT2D eigenvalue weighted by Gasteiger charge is -2.36. The molecule has 0 amide bonds. The average molecular weight is 1920 g/mol. The normalized spacial score (nSPS) is 16.2. The molecule has 0 fully saturated rings. The van der Waals surface area contributed by atoms with E-state index in [9.17, 15) is 34.5 Å². The third-order valence-electron chi connectivity index (χ3n) is 25.8. The van der Waals surface area contributed by atoms with Crippen molar-refractivity contribution in [3.8, 4) is 0 Å². The van der Waals surface area contributed by atoms with Crippen molar-refractivity contribution in [1.29, 1.82) is 0 Å². The highest BCUT2D eigenvalue weighted by atomic mass is 35.5. The lowest BCUT2D eigenvalue weighted by Crippen LogP contribution is -2.35. The smallest absolute Gasteiger partial charge is 0.311 e. The molecule has 0 bridgehead atoms. The largest absolute Gasteiger partial charge is 0.481 e. The SMILES string of the molecule is CC(C)(CCC(c1ccccc1Cl)N1CCc2sccc2C1)C(=O)O.CC(C)(CCCC(c1ccccc1Cl)N1CCc2sccc2C1)C(=O)O.CCOC(=O)C(C)(C)CCC(c1ccccc1Cl)N1CCc2sccc2C1.CCOC(=O)C(C)(C)CCCC(c1ccccc1Cl)N1CCc2sccc2C1.OCCCC(c1ccccc1Cl)N1CCc2sccc2C1. The molecule has 10 heterocycles. The number of aliphatic carboxylic acids is 2. The summed E-state index contributed by atoms with van der Waals surface area (Å²) >= 11 is 41.8. The third kappa shape index (κ3) is 27.9. The monoisotopic (exact) mass is 1910 g/mol. The van der Waals surface area contributed by atoms with Crippen LogP contribution in [0.2, 0.25) is 25.1 Å². The van der Waals surface area contributed by atoms with Gasteiger partial charge in [0.15, 0.2) is 0 Å². The zero-order valence-electron chi connectivity index (χ0n) is 75.4. The van der Waals surface area contributed by atoms with E-state index in [0.29, 0.717) is 32.1 Å². The summed E-state index contributed by atoms with van der Waals surface area (Å²) in [5, 5.41) is 42.9. The first-order valence-corrected chi connectivity index (χ1v) is 51.3. The molecule has 5 atom stereocenters. The second-order valence-corrected chi connectivity index (χ2v) is 43.5. The van der Waals surface area contributed by atoms with E-state index in [1.165, 1.54) is 63.3 Å². The van der Waals surface area contributed by atoms with Crippen LogP contribution in [0.25, 0.3) is 0 Å². The molecular weight excluding hydrogens is 1790 g/mol. The van der Waals surface area contributed by atoms with E-state index < -0.39 is 33.6 Å². The molecule has 127 heavy (non-hydrogen) atoms. The number of fused-ring (bicyclic) bond motifs is 5. The van der Waals surface area contributed by atoms with Crippen LogP contribution in [0.5, 0.6) is 0 Å². The molecule has 0 saturated heterocycles. The van der Waals surface area contributed by atoms with Crippen LogP contribution >= 0.6 is 115 Å². The van der Waals surface area contributed by atoms with Gasteiger partial charge in [-0.2, -0.15) is 0 Å². The van der Waals surface area contributed by atoms with Gasteiger partial charge in [-0.1, -0.05) is 162 Å². The van der Waals surface area contributed by atoms with Crippen LogP contribution in [0, 0.1) is 21.7 Å². The standard InChI is InChI=1S/C23H30ClNO2S.C22H28ClNO2S.C21H26ClNO2S.C20H24ClNO2S.C17H20ClNOS/c1-4-27-22(26)23(2,3)13-7-10-20(18-8-5-6-9-19(18)24)25-14-11-21-17(16-25)12-15-28-21;1-4-26-21(25)22(2,3)12-9-19(17-7-5-6-8-18(17)23)24-13-10-20-16(15-24)11-14-27-20;1-21(2,20(24)25)11-5-8-18(16-6-3-4-7-17(16)22)23-12-9-19-15(14-23)10-13-26-19;1-20(2,19(23)24)10-7-17(15-5-3-4-6-16(15)21)22-11-8-18-14(13-22)9-12-25-18;18-15-5-2-1-4-14(15)16(6-3-10-20)19-9-7-17-13(12-19)8-11-21-17/h5-6,8-9,12,15,20H,4,7,10-11,13-14,16H2,1-3H3;5-8,11,14,19H,4,9-10,12-13,15H2,1-3H3;3-4,6-7,10,13,18H,5,8-9,11-12,14H2,1-2H3,(H,24,25);3-6,9,12,17H,7-8,10-11,13H2,1-2H3,(H,23,24);1-2,4-5,8,11,16,20H,3,6-7,9-10,12H2. The molecule has 5 aromatic carbocycles. The molecule has 10 aromatic rings. The van der Waals surface area contributed by atoms with Gasteiger partial charge >= 0.3 is 23.9 Å². The Morgan fingerprint density at radius 1 is 0.331 bits per heavy atom. The van der Waals surface area contributed by atoms with Gasteiger partial charge in [-0.15, -0.1) is 56.7 Å². The Kier molecular flexibility index (Phi) is 38.6. The van der Waals surface area contributed by atoms with E-state index in [4.69, 9.17) is 67.5 Å². The van der Waals surface area contributed by atoms with Gasteiger partial charge in [0.2, 0.25) is 0 Å². The Bertz CT molecular complexity index is 5170. The molecule has 0 saturated carbocycles. The van der Waals surface area contributed by atoms with Gasteiger partial charge in [-0.25, -0.2) is 0 Å². The van der Waals surface area contributed by atoms with E-state index in [1.54, 1.807) is 27.7 Å². The minimum Gasteiger partial charge on any atom is -0.481 e. The van der Waals surface area contributed by atoms with Crippen LogP contribution in [0.4, 0.5) is 0 Å². The zero-order valence-corrected chi connectivity index (χ0v) is 83.2. The van der Waals surface area contributed by atoms with Gasteiger partial charge in [0.1, 0.15) is 0 Å². The summed E-state index contributed by atoms with van der Waals surface area (Å²) in [6, 6.07) is 52.6. The van der Waals surface area contributed by atoms with Crippen LogP contribution in [-0.2, 0) is 93.5 Å². The number of carbonyl (C=O) groups is 4. The van der Waals surface area contributed by atoms with Gasteiger partial charge in [-0.05, 0) is 309 Å². The maximum atomic E-state index is 12.3. The lowest BCUT2D eigenvalue weighted by atomic mass is 9.84. The highest BCUT2D eigenvalue weighted by Gasteiger charge is 2.38. The van der Waals surface area contributed by atoms with Crippen molar-refractivity contribution in [2.75, 3.05) is 52.5 Å². The number of aliphatic hydroxyl groups is 1. The molecule has 684 valence electrons. The van der Waals surface area contributed by atoms with Gasteiger partial charge < -0.3 is 24.8 Å². The molecule has 5 aliphatic rings. The first kappa shape index (κ1) is 101. The maximum Gasteiger partial charge on any atom is 0.311 e. The Morgan fingerprint density at radius 2 is 0.551 bits per heavy atom. The highest BCUT2D eigenvalue weighted by Crippen LogP contribution is 2.45. The fraction of sp³-hybridized carbons (Fsp3) is 0.476. The fourth-order valence-electron chi connectivity index (χ4n) is 17.9. The second-order valence-electron chi connectivity index (χ2n) is 36.4. The van der Waals surface area contributed by atoms with E-state index in [1.807, 2.05) is 183 Å². The van der Waals surface area contributed by atoms with E-state index in [2.05, 4.69) is 118 Å². The number of thiophene rings is 5. The Hall–Kier alpha value is -6.31. The molecule has 0 aliphatic carbocycles. The topological polar surface area (TPSA) is 164 Å². The number of nitrogens with zero attached hydrogens (tertiary/aromatic N) is 5. The summed E-state index contributed by atoms with van der Waals surface area (Å²) in [7, 11) is 0. The van der Waals surface area contributed by atoms with Crippen LogP contribution in [-0.4, -0.2) is 116 Å². The third-order valence-corrected chi connectivity index (χ3v) is 32.6. The van der Waals surface area contributed by atoms with Crippen LogP contribution in [0.1, 0.15) is 257 Å². The summed E-state index contributed by atoms with van der Waals surface area (Å²) in [6.45, 7) is 29.8. The fourth-order valence-corrected chi connectivity index (χ4v) is 23.7. The molecule has 5 aromatic heterocycles. The molecule has 5 unspecified atom stereocenters. The van der Waals surface area contributed by atoms with Gasteiger partial charge in [0.05, 0.1) is 34.9 Å². The summed E-state index contributed by atoms with van der Waals surface area (Å²) in [6.07, 6.45) is 15.4. The predicted molar refractivity (Wildman–Crippen MR) is 529 cm³/mol. The quantitative estimate of drug-likeness (QED) is 0.0333. The van der Waals surface area contributed by atoms with Crippen LogP contribution < -0.4 is 0 Å². The Morgan fingerprint density at radius 3 is 0.795 bits per heavy atom. The number of rotatable bonds is 33. The van der Waals surface area contributed by atoms with E-state index >= 15 is 0 Å². The first-order chi connectivity index (χ1) is 60.9. The number of carbonyl (C=O) groups excluding carboxylic acids is 2. The summed E-state index contributed by atoms with van der Waals surface area (Å²) < 4.78 is 10.5. The highest BCUT2D eigenvalue weighted by molar-refractivity contribution is 7.11. The molecule has 0 radical (unpaired) electrons. The predicted octanol–water partition coefficient (Wildman–Crippen LogP) is 27.6. The van der Waals surface area contributed by atoms with Gasteiger partial charge in [-0.3, -0.25) is 43.7 Å². The Labute approximate surface area is 799 Å². The molecular formula is C103H128Cl5N5O9S5. The van der Waals surface area contributed by atoms with Crippen molar-refractivity contribution in [3.63, 3.8) is 0 Å². The summed E-state index contributed by atoms with van der Waals surface area (Å²) in [4.78, 5) is 67.5. The van der Waals surface area contributed by atoms with Crippen LogP contribution in [0.15, 0.2) is 179 Å². The van der Waals surface area contributed by atoms with Crippen molar-refractivity contribution < 1.29 is 44.0 Å². The molecule has 5 aliphatic heterocycles. The summed E-state index contributed by atoms with van der Waals surface area (Å²) in [5.41, 5.74) is 10.5. The summed E-state index contributed by atoms with van der Waals surface area (Å²) in [5.74, 6) is -1.70. The van der Waals surface area contributed by atoms with E-state index in [0.717, 1.165) is 204 Å². The van der Waals surface area contributed by atoms with Crippen molar-refractivity contribution in [1.82, 2.24) is 24.5 Å². The van der Waals surface area contributed by atoms with E-state index in [-0.39, 0.29) is 42.7 Å². The number of halogens is 5. The number of esters is 2. The van der Waals surface area contributed by atoms with Crippen LogP contribution in [0.3, 0.4) is 0 Å². The molecule has 0 spiro atoms. The second kappa shape index (κ2) is 48.4. The minimum atomic E-state index is -0.746.